The van der Waals surface area contributed by atoms with Crippen molar-refractivity contribution in [2.75, 3.05) is 0 Å². The van der Waals surface area contributed by atoms with Gasteiger partial charge in [0, 0.05) is 0 Å². The second-order valence-electron chi connectivity index (χ2n) is 0.827. The van der Waals surface area contributed by atoms with Gasteiger partial charge in [0.2, 0.25) is 0 Å². The van der Waals surface area contributed by atoms with Crippen molar-refractivity contribution in [2.24, 2.45) is 0 Å². The maximum Gasteiger partial charge on any atom is 0.337 e. The Labute approximate surface area is 31.6 Å². The van der Waals surface area contributed by atoms with Crippen molar-refractivity contribution in [3.63, 3.8) is 0 Å². The Balaban J connectivity index is 2.54. The van der Waals surface area contributed by atoms with Gasteiger partial charge in [-0.25, -0.2) is 0 Å². The standard InChI is InChI=1S/CH4B2FO/c1-3(4)2-5/h5H,1H3. The lowest BCUT2D eigenvalue weighted by molar-refractivity contribution is 0.614. The summed E-state index contributed by atoms with van der Waals surface area (Å²) in [5, 5.41) is 7.64. The lowest BCUT2D eigenvalue weighted by atomic mass is 9.47. The summed E-state index contributed by atoms with van der Waals surface area (Å²) in [5.74, 6) is 0. The molecule has 0 unspecified atom stereocenters. The monoisotopic (exact) mass is 73.0 g/mol. The van der Waals surface area contributed by atoms with E-state index in [0.717, 1.165) is 0 Å². The molecule has 0 spiro atoms. The van der Waals surface area contributed by atoms with Crippen molar-refractivity contribution in [3.05, 3.63) is 0 Å². The van der Waals surface area contributed by atoms with Crippen LogP contribution in [0.3, 0.4) is 0 Å². The summed E-state index contributed by atoms with van der Waals surface area (Å²) in [6.45, 7) is 0.0648. The minimum absolute atomic E-state index is 0.500. The van der Waals surface area contributed by atoms with Crippen LogP contribution in [0.15, 0.2) is 0 Å². The maximum absolute atomic E-state index is 11.1. The van der Waals surface area contributed by atoms with E-state index < -0.39 is 6.88 Å². The summed E-state index contributed by atoms with van der Waals surface area (Å²) < 4.78 is 11.1. The molecule has 1 nitrogen and oxygen atoms in total. The van der Waals surface area contributed by atoms with Gasteiger partial charge in [-0.1, -0.05) is 6.82 Å². The molecular formula is CH4B2FO. The predicted octanol–water partition coefficient (Wildman–Crippen LogP) is -0.315. The molecule has 0 aromatic heterocycles. The Hall–Kier alpha value is 0.0199. The van der Waals surface area contributed by atoms with Crippen LogP contribution in [0.25, 0.3) is 0 Å². The molecule has 0 saturated heterocycles. The first-order valence-corrected chi connectivity index (χ1v) is 1.39. The van der Waals surface area contributed by atoms with Gasteiger partial charge in [-0.05, 0) is 0 Å². The lowest BCUT2D eigenvalue weighted by Crippen LogP contribution is -2.08. The first-order valence-electron chi connectivity index (χ1n) is 1.39. The highest BCUT2D eigenvalue weighted by Crippen LogP contribution is 1.70. The average Bonchev–Trinajstić information content (AvgIpc) is 1.38. The van der Waals surface area contributed by atoms with Crippen LogP contribution in [-0.2, 0) is 0 Å². The van der Waals surface area contributed by atoms with Crippen LogP contribution in [0.5, 0.6) is 0 Å². The van der Waals surface area contributed by atoms with Crippen molar-refractivity contribution < 1.29 is 9.34 Å². The van der Waals surface area contributed by atoms with Crippen molar-refractivity contribution in [2.45, 2.75) is 6.82 Å². The second kappa shape index (κ2) is 2.27. The van der Waals surface area contributed by atoms with Crippen LogP contribution in [0.2, 0.25) is 6.82 Å². The summed E-state index contributed by atoms with van der Waals surface area (Å²) in [4.78, 5) is 0. The van der Waals surface area contributed by atoms with E-state index in [1.165, 1.54) is 6.82 Å². The molecule has 0 amide bonds. The Morgan fingerprint density at radius 3 is 2.20 bits per heavy atom. The van der Waals surface area contributed by atoms with Gasteiger partial charge in [-0.15, -0.1) is 0 Å². The van der Waals surface area contributed by atoms with E-state index in [2.05, 4.69) is 0 Å². The molecule has 1 radical (unpaired) electrons. The van der Waals surface area contributed by atoms with Gasteiger partial charge in [-0.2, -0.15) is 0 Å². The molecule has 27 valence electrons. The van der Waals surface area contributed by atoms with E-state index in [1.54, 1.807) is 0 Å². The molecule has 0 atom stereocenters. The van der Waals surface area contributed by atoms with Gasteiger partial charge < -0.3 is 9.34 Å². The van der Waals surface area contributed by atoms with Gasteiger partial charge in [0.15, 0.2) is 0 Å². The quantitative estimate of drug-likeness (QED) is 0.421. The molecule has 0 bridgehead atoms. The SMILES string of the molecule is CB(F)[B]O. The molecule has 0 aliphatic rings. The second-order valence-corrected chi connectivity index (χ2v) is 0.827. The summed E-state index contributed by atoms with van der Waals surface area (Å²) >= 11 is 0. The van der Waals surface area contributed by atoms with Crippen LogP contribution < -0.4 is 0 Å². The van der Waals surface area contributed by atoms with Crippen molar-refractivity contribution in [1.82, 2.24) is 0 Å². The van der Waals surface area contributed by atoms with Crippen LogP contribution in [0, 0.1) is 0 Å². The minimum Gasteiger partial charge on any atom is -0.460 e. The zero-order valence-electron chi connectivity index (χ0n) is 2.98. The Bertz CT molecular complexity index is 23.6. The molecular weight excluding hydrogens is 68.6 g/mol. The molecule has 0 aromatic carbocycles. The first-order chi connectivity index (χ1) is 2.27. The van der Waals surface area contributed by atoms with Crippen molar-refractivity contribution in [3.8, 4) is 0 Å². The van der Waals surface area contributed by atoms with E-state index in [0.29, 0.717) is 7.37 Å². The smallest absolute Gasteiger partial charge is 0.337 e. The molecule has 0 fully saturated rings. The summed E-state index contributed by atoms with van der Waals surface area (Å²) in [6.07, 6.45) is 0. The number of hydrogen-bond acceptors (Lipinski definition) is 1. The van der Waals surface area contributed by atoms with Gasteiger partial charge in [0.05, 0.1) is 0 Å². The highest BCUT2D eigenvalue weighted by molar-refractivity contribution is 7.04. The molecule has 1 N–H and O–H groups in total. The van der Waals surface area contributed by atoms with E-state index in [4.69, 9.17) is 5.02 Å². The van der Waals surface area contributed by atoms with E-state index in [9.17, 15) is 4.32 Å². The Morgan fingerprint density at radius 1 is 2.00 bits per heavy atom. The highest BCUT2D eigenvalue weighted by atomic mass is 19.1. The molecule has 0 aromatic rings. The van der Waals surface area contributed by atoms with Crippen molar-refractivity contribution >= 4 is 14.3 Å². The Kier molecular flexibility index (Phi) is 2.28. The zero-order valence-corrected chi connectivity index (χ0v) is 2.98. The lowest BCUT2D eigenvalue weighted by Gasteiger charge is -1.75. The fraction of sp³-hybridized carbons (Fsp3) is 1.00. The molecule has 5 heavy (non-hydrogen) atoms. The number of hydrogen-bond donors (Lipinski definition) is 1. The van der Waals surface area contributed by atoms with Crippen LogP contribution in [-0.4, -0.2) is 19.3 Å². The molecule has 0 saturated carbocycles. The number of rotatable bonds is 1. The maximum atomic E-state index is 11.1. The molecule has 0 aliphatic heterocycles. The van der Waals surface area contributed by atoms with E-state index in [1.807, 2.05) is 0 Å². The first kappa shape index (κ1) is 5.02. The van der Waals surface area contributed by atoms with Gasteiger partial charge >= 0.3 is 6.88 Å². The molecule has 0 rings (SSSR count). The summed E-state index contributed by atoms with van der Waals surface area (Å²) in [6, 6.07) is 0. The largest absolute Gasteiger partial charge is 0.460 e. The van der Waals surface area contributed by atoms with Gasteiger partial charge in [-0.3, -0.25) is 0 Å². The third-order valence-corrected chi connectivity index (χ3v) is 0.205. The van der Waals surface area contributed by atoms with Crippen molar-refractivity contribution in [1.29, 1.82) is 0 Å². The number of halogens is 1. The third-order valence-electron chi connectivity index (χ3n) is 0.205. The molecule has 0 heterocycles. The third kappa shape index (κ3) is 4.02. The van der Waals surface area contributed by atoms with Crippen LogP contribution >= 0.6 is 0 Å². The fourth-order valence-electron chi connectivity index (χ4n) is 0. The molecule has 0 aliphatic carbocycles. The highest BCUT2D eigenvalue weighted by Gasteiger charge is 2.01. The zero-order chi connectivity index (χ0) is 4.28. The van der Waals surface area contributed by atoms with Gasteiger partial charge in [0.25, 0.3) is 7.37 Å². The topological polar surface area (TPSA) is 20.2 Å². The van der Waals surface area contributed by atoms with Gasteiger partial charge in [0.1, 0.15) is 0 Å². The summed E-state index contributed by atoms with van der Waals surface area (Å²) in [5.41, 5.74) is 0. The fourth-order valence-corrected chi connectivity index (χ4v) is 0. The van der Waals surface area contributed by atoms with E-state index in [-0.39, 0.29) is 0 Å². The normalized spacial score (nSPS) is 7.00. The van der Waals surface area contributed by atoms with Crippen LogP contribution in [0.1, 0.15) is 0 Å². The predicted molar refractivity (Wildman–Crippen MR) is 20.7 cm³/mol. The Morgan fingerprint density at radius 2 is 2.20 bits per heavy atom. The minimum atomic E-state index is -1.19. The van der Waals surface area contributed by atoms with Crippen LogP contribution in [0.4, 0.5) is 4.32 Å². The summed E-state index contributed by atoms with van der Waals surface area (Å²) in [7, 11) is 0.500. The van der Waals surface area contributed by atoms with E-state index >= 15 is 0 Å². The molecule has 4 heteroatoms. The average molecular weight is 72.7 g/mol.